The fourth-order valence-corrected chi connectivity index (χ4v) is 1.56. The van der Waals surface area contributed by atoms with Crippen LogP contribution in [0, 0.1) is 0 Å². The largest absolute Gasteiger partial charge is 0.379 e. The van der Waals surface area contributed by atoms with Crippen LogP contribution in [0.25, 0.3) is 10.4 Å². The quantitative estimate of drug-likeness (QED) is 0.275. The van der Waals surface area contributed by atoms with Gasteiger partial charge < -0.3 is 14.4 Å². The lowest BCUT2D eigenvalue weighted by Crippen LogP contribution is -2.21. The van der Waals surface area contributed by atoms with Gasteiger partial charge in [-0.05, 0) is 19.0 Å². The molecule has 1 aliphatic heterocycles. The van der Waals surface area contributed by atoms with Gasteiger partial charge in [0.15, 0.2) is 0 Å². The molecule has 86 valence electrons. The van der Waals surface area contributed by atoms with Gasteiger partial charge in [0.25, 0.3) is 0 Å². The van der Waals surface area contributed by atoms with E-state index in [-0.39, 0.29) is 0 Å². The summed E-state index contributed by atoms with van der Waals surface area (Å²) in [6.07, 6.45) is 1.46. The van der Waals surface area contributed by atoms with Crippen molar-refractivity contribution in [1.29, 1.82) is 0 Å². The molecule has 0 aromatic carbocycles. The van der Waals surface area contributed by atoms with E-state index in [1.165, 1.54) is 0 Å². The highest BCUT2D eigenvalue weighted by Gasteiger charge is 2.19. The molecule has 1 fully saturated rings. The molecule has 0 bridgehead atoms. The molecule has 6 nitrogen and oxygen atoms in total. The molecular formula is C9H18N4O2. The second kappa shape index (κ2) is 7.48. The van der Waals surface area contributed by atoms with E-state index in [9.17, 15) is 0 Å². The fraction of sp³-hybridized carbons (Fsp3) is 1.00. The summed E-state index contributed by atoms with van der Waals surface area (Å²) in [6.45, 7) is 4.18. The third-order valence-corrected chi connectivity index (χ3v) is 2.33. The molecule has 1 aliphatic rings. The van der Waals surface area contributed by atoms with E-state index in [2.05, 4.69) is 22.0 Å². The molecule has 1 saturated heterocycles. The molecule has 1 heterocycles. The van der Waals surface area contributed by atoms with Crippen molar-refractivity contribution in [3.8, 4) is 0 Å². The number of hydrogen-bond acceptors (Lipinski definition) is 4. The van der Waals surface area contributed by atoms with Crippen LogP contribution in [0.3, 0.4) is 0 Å². The second-order valence-corrected chi connectivity index (χ2v) is 3.61. The maximum Gasteiger partial charge on any atom is 0.0715 e. The monoisotopic (exact) mass is 214 g/mol. The van der Waals surface area contributed by atoms with E-state index in [0.29, 0.717) is 32.5 Å². The average Bonchev–Trinajstić information content (AvgIpc) is 2.63. The Morgan fingerprint density at radius 2 is 2.33 bits per heavy atom. The minimum absolute atomic E-state index is 0.357. The van der Waals surface area contributed by atoms with Crippen LogP contribution in [0.2, 0.25) is 0 Å². The van der Waals surface area contributed by atoms with Gasteiger partial charge in [0.1, 0.15) is 0 Å². The molecule has 1 rings (SSSR count). The Balaban J connectivity index is 1.86. The van der Waals surface area contributed by atoms with Crippen LogP contribution >= 0.6 is 0 Å². The van der Waals surface area contributed by atoms with Crippen molar-refractivity contribution in [1.82, 2.24) is 4.90 Å². The summed E-state index contributed by atoms with van der Waals surface area (Å²) in [6, 6.07) is 0. The zero-order valence-electron chi connectivity index (χ0n) is 9.13. The summed E-state index contributed by atoms with van der Waals surface area (Å²) in [4.78, 5) is 4.89. The van der Waals surface area contributed by atoms with Gasteiger partial charge in [0, 0.05) is 24.5 Å². The Bertz CT molecular complexity index is 218. The van der Waals surface area contributed by atoms with Crippen LogP contribution in [0.1, 0.15) is 6.42 Å². The first kappa shape index (κ1) is 12.3. The SMILES string of the molecule is CN1CC[C@@H](OCCOCCN=[N+]=[N-])C1. The first-order chi connectivity index (χ1) is 7.33. The van der Waals surface area contributed by atoms with Crippen molar-refractivity contribution in [2.24, 2.45) is 5.11 Å². The van der Waals surface area contributed by atoms with Crippen molar-refractivity contribution in [2.45, 2.75) is 12.5 Å². The number of likely N-dealkylation sites (tertiary alicyclic amines) is 1. The van der Waals surface area contributed by atoms with Gasteiger partial charge in [-0.2, -0.15) is 0 Å². The number of hydrogen-bond donors (Lipinski definition) is 0. The number of ether oxygens (including phenoxy) is 2. The molecule has 0 aromatic heterocycles. The predicted octanol–water partition coefficient (Wildman–Crippen LogP) is 1.03. The fourth-order valence-electron chi connectivity index (χ4n) is 1.56. The van der Waals surface area contributed by atoms with E-state index in [4.69, 9.17) is 15.0 Å². The van der Waals surface area contributed by atoms with E-state index >= 15 is 0 Å². The zero-order chi connectivity index (χ0) is 10.9. The summed E-state index contributed by atoms with van der Waals surface area (Å²) >= 11 is 0. The van der Waals surface area contributed by atoms with Crippen molar-refractivity contribution < 1.29 is 9.47 Å². The molecule has 0 amide bonds. The maximum atomic E-state index is 8.01. The minimum Gasteiger partial charge on any atom is -0.379 e. The number of likely N-dealkylation sites (N-methyl/N-ethyl adjacent to an activating group) is 1. The third-order valence-electron chi connectivity index (χ3n) is 2.33. The highest BCUT2D eigenvalue weighted by molar-refractivity contribution is 4.72. The van der Waals surface area contributed by atoms with Gasteiger partial charge >= 0.3 is 0 Å². The lowest BCUT2D eigenvalue weighted by atomic mass is 10.3. The van der Waals surface area contributed by atoms with Gasteiger partial charge in [-0.3, -0.25) is 0 Å². The summed E-state index contributed by atoms with van der Waals surface area (Å²) in [5.74, 6) is 0. The van der Waals surface area contributed by atoms with Crippen molar-refractivity contribution in [2.75, 3.05) is 46.5 Å². The summed E-state index contributed by atoms with van der Waals surface area (Å²) in [7, 11) is 2.10. The minimum atomic E-state index is 0.357. The molecule has 15 heavy (non-hydrogen) atoms. The average molecular weight is 214 g/mol. The Hall–Kier alpha value is -0.810. The number of nitrogens with zero attached hydrogens (tertiary/aromatic N) is 4. The van der Waals surface area contributed by atoms with E-state index in [0.717, 1.165) is 19.5 Å². The molecule has 0 aliphatic carbocycles. The molecule has 0 unspecified atom stereocenters. The molecule has 0 radical (unpaired) electrons. The summed E-state index contributed by atoms with van der Waals surface area (Å²) in [5, 5.41) is 3.36. The second-order valence-electron chi connectivity index (χ2n) is 3.61. The smallest absolute Gasteiger partial charge is 0.0715 e. The third kappa shape index (κ3) is 5.59. The highest BCUT2D eigenvalue weighted by atomic mass is 16.5. The van der Waals surface area contributed by atoms with E-state index in [1.54, 1.807) is 0 Å². The Labute approximate surface area is 89.8 Å². The van der Waals surface area contributed by atoms with Gasteiger partial charge in [-0.15, -0.1) is 0 Å². The van der Waals surface area contributed by atoms with Gasteiger partial charge in [0.05, 0.1) is 25.9 Å². The Morgan fingerprint density at radius 3 is 3.00 bits per heavy atom. The summed E-state index contributed by atoms with van der Waals surface area (Å²) in [5.41, 5.74) is 8.01. The van der Waals surface area contributed by atoms with Crippen LogP contribution in [-0.2, 0) is 9.47 Å². The van der Waals surface area contributed by atoms with E-state index in [1.807, 2.05) is 0 Å². The van der Waals surface area contributed by atoms with Crippen molar-refractivity contribution >= 4 is 0 Å². The lowest BCUT2D eigenvalue weighted by Gasteiger charge is -2.11. The maximum absolute atomic E-state index is 8.01. The van der Waals surface area contributed by atoms with E-state index < -0.39 is 0 Å². The molecule has 0 aromatic rings. The van der Waals surface area contributed by atoms with Gasteiger partial charge in [-0.25, -0.2) is 0 Å². The van der Waals surface area contributed by atoms with Crippen LogP contribution in [0.15, 0.2) is 5.11 Å². The highest BCUT2D eigenvalue weighted by Crippen LogP contribution is 2.09. The Kier molecular flexibility index (Phi) is 6.11. The lowest BCUT2D eigenvalue weighted by molar-refractivity contribution is 0.0117. The van der Waals surface area contributed by atoms with Crippen molar-refractivity contribution in [3.63, 3.8) is 0 Å². The van der Waals surface area contributed by atoms with Crippen molar-refractivity contribution in [3.05, 3.63) is 10.4 Å². The molecule has 6 heteroatoms. The van der Waals surface area contributed by atoms with Gasteiger partial charge in [0.2, 0.25) is 0 Å². The molecule has 0 spiro atoms. The first-order valence-corrected chi connectivity index (χ1v) is 5.21. The molecule has 0 N–H and O–H groups in total. The van der Waals surface area contributed by atoms with Gasteiger partial charge in [-0.1, -0.05) is 5.11 Å². The number of azide groups is 1. The van der Waals surface area contributed by atoms with Crippen LogP contribution < -0.4 is 0 Å². The normalized spacial score (nSPS) is 21.5. The molecule has 1 atom stereocenters. The first-order valence-electron chi connectivity index (χ1n) is 5.21. The molecular weight excluding hydrogens is 196 g/mol. The Morgan fingerprint density at radius 1 is 1.47 bits per heavy atom. The molecule has 0 saturated carbocycles. The number of rotatable bonds is 7. The summed E-state index contributed by atoms with van der Waals surface area (Å²) < 4.78 is 10.8. The predicted molar refractivity (Wildman–Crippen MR) is 56.7 cm³/mol. The van der Waals surface area contributed by atoms with Crippen LogP contribution in [0.4, 0.5) is 0 Å². The zero-order valence-corrected chi connectivity index (χ0v) is 9.13. The van der Waals surface area contributed by atoms with Crippen LogP contribution in [0.5, 0.6) is 0 Å². The van der Waals surface area contributed by atoms with Crippen LogP contribution in [-0.4, -0.2) is 57.5 Å². The topological polar surface area (TPSA) is 70.5 Å². The standard InChI is InChI=1S/C9H18N4O2/c1-13-4-2-9(8-13)15-7-6-14-5-3-11-12-10/h9H,2-8H2,1H3/t9-/m1/s1.